The highest BCUT2D eigenvalue weighted by Crippen LogP contribution is 2.37. The molecule has 3 rings (SSSR count). The van der Waals surface area contributed by atoms with Gasteiger partial charge in [-0.2, -0.15) is 5.26 Å². The highest BCUT2D eigenvalue weighted by atomic mass is 16.2. The molecule has 5 nitrogen and oxygen atoms in total. The Hall–Kier alpha value is -2.35. The van der Waals surface area contributed by atoms with E-state index in [2.05, 4.69) is 16.7 Å². The number of carbonyl (C=O) groups excluding carboxylic acids is 2. The van der Waals surface area contributed by atoms with Gasteiger partial charge < -0.3 is 10.6 Å². The Morgan fingerprint density at radius 1 is 1.29 bits per heavy atom. The average molecular weight is 283 g/mol. The van der Waals surface area contributed by atoms with Gasteiger partial charge in [-0.25, -0.2) is 0 Å². The fourth-order valence-corrected chi connectivity index (χ4v) is 3.10. The van der Waals surface area contributed by atoms with Crippen LogP contribution in [0.5, 0.6) is 0 Å². The normalized spacial score (nSPS) is 19.3. The van der Waals surface area contributed by atoms with Crippen molar-refractivity contribution in [3.05, 3.63) is 23.8 Å². The first kappa shape index (κ1) is 13.6. The van der Waals surface area contributed by atoms with E-state index in [1.54, 1.807) is 18.2 Å². The Bertz CT molecular complexity index is 639. The van der Waals surface area contributed by atoms with E-state index in [9.17, 15) is 14.9 Å². The zero-order chi connectivity index (χ0) is 14.9. The molecule has 1 heterocycles. The molecule has 0 atom stereocenters. The second-order valence-corrected chi connectivity index (χ2v) is 5.81. The number of nitriles is 1. The van der Waals surface area contributed by atoms with Crippen molar-refractivity contribution in [3.63, 3.8) is 0 Å². The zero-order valence-corrected chi connectivity index (χ0v) is 11.7. The van der Waals surface area contributed by atoms with Gasteiger partial charge in [-0.05, 0) is 36.6 Å². The van der Waals surface area contributed by atoms with Gasteiger partial charge in [0.05, 0.1) is 12.5 Å². The van der Waals surface area contributed by atoms with Crippen molar-refractivity contribution in [1.29, 1.82) is 5.26 Å². The summed E-state index contributed by atoms with van der Waals surface area (Å²) in [5.74, 6) is -0.254. The summed E-state index contributed by atoms with van der Waals surface area (Å²) in [6, 6.07) is 7.57. The fraction of sp³-hybridized carbons (Fsp3) is 0.438. The summed E-state index contributed by atoms with van der Waals surface area (Å²) in [7, 11) is 0. The minimum atomic E-state index is -0.897. The summed E-state index contributed by atoms with van der Waals surface area (Å²) < 4.78 is 0. The molecule has 0 unspecified atom stereocenters. The molecule has 1 aliphatic carbocycles. The van der Waals surface area contributed by atoms with Gasteiger partial charge in [0.25, 0.3) is 0 Å². The van der Waals surface area contributed by atoms with Crippen LogP contribution in [0.2, 0.25) is 0 Å². The van der Waals surface area contributed by atoms with Crippen LogP contribution in [0.3, 0.4) is 0 Å². The number of fused-ring (bicyclic) bond motifs is 1. The lowest BCUT2D eigenvalue weighted by atomic mass is 9.74. The number of hydrogen-bond donors (Lipinski definition) is 2. The number of nitrogens with zero attached hydrogens (tertiary/aromatic N) is 1. The molecule has 1 saturated carbocycles. The van der Waals surface area contributed by atoms with Crippen LogP contribution < -0.4 is 10.6 Å². The second kappa shape index (κ2) is 5.21. The summed E-state index contributed by atoms with van der Waals surface area (Å²) in [4.78, 5) is 23.8. The predicted octanol–water partition coefficient (Wildman–Crippen LogP) is 2.59. The highest BCUT2D eigenvalue weighted by Gasteiger charge is 2.39. The minimum Gasteiger partial charge on any atom is -0.326 e. The molecule has 2 N–H and O–H groups in total. The molecular weight excluding hydrogens is 266 g/mol. The molecule has 1 aliphatic heterocycles. The van der Waals surface area contributed by atoms with Crippen LogP contribution >= 0.6 is 0 Å². The lowest BCUT2D eigenvalue weighted by molar-refractivity contribution is -0.124. The molecule has 21 heavy (non-hydrogen) atoms. The van der Waals surface area contributed by atoms with Crippen molar-refractivity contribution in [2.75, 3.05) is 10.6 Å². The van der Waals surface area contributed by atoms with Crippen LogP contribution in [0.4, 0.5) is 11.4 Å². The molecule has 1 aromatic carbocycles. The van der Waals surface area contributed by atoms with Crippen molar-refractivity contribution in [2.45, 2.75) is 38.5 Å². The van der Waals surface area contributed by atoms with E-state index in [1.807, 2.05) is 0 Å². The Balaban J connectivity index is 1.77. The Kier molecular flexibility index (Phi) is 3.38. The molecule has 0 saturated heterocycles. The number of amides is 2. The maximum atomic E-state index is 12.5. The van der Waals surface area contributed by atoms with Crippen molar-refractivity contribution in [2.24, 2.45) is 5.41 Å². The van der Waals surface area contributed by atoms with Crippen LogP contribution in [-0.4, -0.2) is 11.8 Å². The maximum absolute atomic E-state index is 12.5. The van der Waals surface area contributed by atoms with E-state index < -0.39 is 5.41 Å². The quantitative estimate of drug-likeness (QED) is 0.875. The summed E-state index contributed by atoms with van der Waals surface area (Å²) in [6.07, 6.45) is 4.51. The van der Waals surface area contributed by atoms with Crippen molar-refractivity contribution in [1.82, 2.24) is 0 Å². The number of rotatable bonds is 2. The molecule has 0 bridgehead atoms. The van der Waals surface area contributed by atoms with Gasteiger partial charge >= 0.3 is 0 Å². The van der Waals surface area contributed by atoms with E-state index in [0.29, 0.717) is 24.9 Å². The van der Waals surface area contributed by atoms with Gasteiger partial charge in [0.1, 0.15) is 5.41 Å². The Morgan fingerprint density at radius 3 is 2.76 bits per heavy atom. The van der Waals surface area contributed by atoms with Gasteiger partial charge in [-0.15, -0.1) is 0 Å². The van der Waals surface area contributed by atoms with E-state index in [-0.39, 0.29) is 11.8 Å². The maximum Gasteiger partial charge on any atom is 0.244 e. The second-order valence-electron chi connectivity index (χ2n) is 5.81. The third-order valence-corrected chi connectivity index (χ3v) is 4.34. The van der Waals surface area contributed by atoms with E-state index in [4.69, 9.17) is 0 Å². The summed E-state index contributed by atoms with van der Waals surface area (Å²) in [5, 5.41) is 15.0. The van der Waals surface area contributed by atoms with Crippen molar-refractivity contribution in [3.8, 4) is 6.07 Å². The zero-order valence-electron chi connectivity index (χ0n) is 11.7. The molecule has 1 aromatic rings. The molecule has 2 amide bonds. The summed E-state index contributed by atoms with van der Waals surface area (Å²) in [5.41, 5.74) is 1.43. The van der Waals surface area contributed by atoms with Crippen molar-refractivity contribution < 1.29 is 9.59 Å². The van der Waals surface area contributed by atoms with Gasteiger partial charge in [-0.1, -0.05) is 19.3 Å². The topological polar surface area (TPSA) is 82.0 Å². The van der Waals surface area contributed by atoms with Gasteiger partial charge in [0.2, 0.25) is 11.8 Å². The smallest absolute Gasteiger partial charge is 0.244 e. The minimum absolute atomic E-state index is 0.0331. The number of hydrogen-bond acceptors (Lipinski definition) is 3. The summed E-state index contributed by atoms with van der Waals surface area (Å²) in [6.45, 7) is 0. The number of anilines is 2. The number of nitrogens with one attached hydrogen (secondary N) is 2. The van der Waals surface area contributed by atoms with E-state index >= 15 is 0 Å². The lowest BCUT2D eigenvalue weighted by Crippen LogP contribution is -2.36. The van der Waals surface area contributed by atoms with Gasteiger partial charge in [0.15, 0.2) is 0 Å². The third kappa shape index (κ3) is 2.49. The number of carbonyl (C=O) groups is 2. The summed E-state index contributed by atoms with van der Waals surface area (Å²) >= 11 is 0. The molecule has 0 aromatic heterocycles. The first-order valence-corrected chi connectivity index (χ1v) is 7.28. The largest absolute Gasteiger partial charge is 0.326 e. The van der Waals surface area contributed by atoms with Crippen LogP contribution in [-0.2, 0) is 16.0 Å². The standard InChI is InChI=1S/C16H17N3O2/c17-10-16(6-2-1-3-7-16)15(21)18-12-4-5-13-11(8-12)9-14(20)19-13/h4-5,8H,1-3,6-7,9H2,(H,18,21)(H,19,20). The fourth-order valence-electron chi connectivity index (χ4n) is 3.10. The lowest BCUT2D eigenvalue weighted by Gasteiger charge is -2.29. The monoisotopic (exact) mass is 283 g/mol. The van der Waals surface area contributed by atoms with Gasteiger partial charge in [-0.3, -0.25) is 9.59 Å². The molecule has 2 aliphatic rings. The van der Waals surface area contributed by atoms with Crippen LogP contribution in [0.15, 0.2) is 18.2 Å². The highest BCUT2D eigenvalue weighted by molar-refractivity contribution is 6.01. The van der Waals surface area contributed by atoms with Crippen LogP contribution in [0.25, 0.3) is 0 Å². The van der Waals surface area contributed by atoms with Crippen LogP contribution in [0, 0.1) is 16.7 Å². The average Bonchev–Trinajstić information content (AvgIpc) is 2.87. The van der Waals surface area contributed by atoms with Crippen molar-refractivity contribution >= 4 is 23.2 Å². The first-order chi connectivity index (χ1) is 10.1. The third-order valence-electron chi connectivity index (χ3n) is 4.34. The van der Waals surface area contributed by atoms with Crippen LogP contribution in [0.1, 0.15) is 37.7 Å². The van der Waals surface area contributed by atoms with E-state index in [1.165, 1.54) is 0 Å². The Labute approximate surface area is 123 Å². The van der Waals surface area contributed by atoms with E-state index in [0.717, 1.165) is 30.5 Å². The Morgan fingerprint density at radius 2 is 2.05 bits per heavy atom. The molecule has 0 radical (unpaired) electrons. The molecule has 108 valence electrons. The molecular formula is C16H17N3O2. The molecule has 5 heteroatoms. The van der Waals surface area contributed by atoms with Gasteiger partial charge in [0, 0.05) is 11.4 Å². The number of benzene rings is 1. The SMILES string of the molecule is N#CC1(C(=O)Nc2ccc3c(c2)CC(=O)N3)CCCCC1. The molecule has 1 fully saturated rings. The molecule has 0 spiro atoms. The first-order valence-electron chi connectivity index (χ1n) is 7.28. The predicted molar refractivity (Wildman–Crippen MR) is 78.5 cm³/mol.